The number of aliphatic hydroxyl groups is 1. The molecule has 0 radical (unpaired) electrons. The van der Waals surface area contributed by atoms with Crippen LogP contribution < -0.4 is 5.32 Å². The van der Waals surface area contributed by atoms with Gasteiger partial charge in [-0.15, -0.1) is 0 Å². The first-order chi connectivity index (χ1) is 8.86. The van der Waals surface area contributed by atoms with E-state index in [0.717, 1.165) is 16.3 Å². The maximum absolute atomic E-state index is 9.51. The third kappa shape index (κ3) is 2.85. The molecule has 0 saturated heterocycles. The Kier molecular flexibility index (Phi) is 4.64. The van der Waals surface area contributed by atoms with Gasteiger partial charge in [0.1, 0.15) is 0 Å². The molecular weight excluding hydrogens is 228 g/mol. The third-order valence-electron chi connectivity index (χ3n) is 2.95. The van der Waals surface area contributed by atoms with Crippen LogP contribution >= 0.6 is 0 Å². The highest BCUT2D eigenvalue weighted by atomic mass is 16.5. The highest BCUT2D eigenvalue weighted by Crippen LogP contribution is 2.22. The van der Waals surface area contributed by atoms with Crippen LogP contribution in [0.4, 0.5) is 0 Å². The zero-order valence-electron chi connectivity index (χ0n) is 10.5. The Balaban J connectivity index is 2.27. The van der Waals surface area contributed by atoms with Gasteiger partial charge in [-0.2, -0.15) is 0 Å². The molecule has 1 atom stereocenters. The summed E-state index contributed by atoms with van der Waals surface area (Å²) in [5.74, 6) is 0. The van der Waals surface area contributed by atoms with Gasteiger partial charge < -0.3 is 15.2 Å². The van der Waals surface area contributed by atoms with Crippen LogP contribution in [-0.4, -0.2) is 37.0 Å². The quantitative estimate of drug-likeness (QED) is 0.758. The Hall–Kier alpha value is -1.49. The number of benzene rings is 1. The van der Waals surface area contributed by atoms with Gasteiger partial charge in [-0.3, -0.25) is 4.98 Å². The van der Waals surface area contributed by atoms with E-state index in [0.29, 0.717) is 13.2 Å². The molecule has 4 heteroatoms. The molecule has 0 spiro atoms. The first-order valence-corrected chi connectivity index (χ1v) is 6.02. The zero-order valence-corrected chi connectivity index (χ0v) is 10.5. The van der Waals surface area contributed by atoms with Gasteiger partial charge in [-0.05, 0) is 10.9 Å². The highest BCUT2D eigenvalue weighted by molar-refractivity contribution is 5.85. The predicted molar refractivity (Wildman–Crippen MR) is 71.4 cm³/mol. The zero-order chi connectivity index (χ0) is 12.8. The molecule has 0 aliphatic heterocycles. The molecule has 1 aromatic carbocycles. The smallest absolute Gasteiger partial charge is 0.0627 e. The summed E-state index contributed by atoms with van der Waals surface area (Å²) in [6.07, 6.45) is 3.64. The van der Waals surface area contributed by atoms with E-state index in [1.54, 1.807) is 7.11 Å². The number of hydrogen-bond acceptors (Lipinski definition) is 4. The van der Waals surface area contributed by atoms with Gasteiger partial charge in [0.15, 0.2) is 0 Å². The summed E-state index contributed by atoms with van der Waals surface area (Å²) in [5.41, 5.74) is 1.02. The van der Waals surface area contributed by atoms with Crippen LogP contribution in [0.5, 0.6) is 0 Å². The second-order valence-electron chi connectivity index (χ2n) is 4.13. The minimum atomic E-state index is -0.112. The molecule has 0 bridgehead atoms. The molecule has 0 aliphatic carbocycles. The van der Waals surface area contributed by atoms with E-state index in [2.05, 4.69) is 10.3 Å². The molecule has 18 heavy (non-hydrogen) atoms. The molecule has 1 aromatic heterocycles. The maximum atomic E-state index is 9.51. The molecule has 96 valence electrons. The lowest BCUT2D eigenvalue weighted by Gasteiger charge is -2.18. The fourth-order valence-corrected chi connectivity index (χ4v) is 2.03. The van der Waals surface area contributed by atoms with Crippen molar-refractivity contribution in [3.05, 3.63) is 42.2 Å². The average molecular weight is 246 g/mol. The Labute approximate surface area is 107 Å². The highest BCUT2D eigenvalue weighted by Gasteiger charge is 2.12. The summed E-state index contributed by atoms with van der Waals surface area (Å²) in [7, 11) is 1.66. The van der Waals surface area contributed by atoms with Crippen molar-refractivity contribution in [2.24, 2.45) is 0 Å². The number of nitrogens with zero attached hydrogens (tertiary/aromatic N) is 1. The molecule has 0 fully saturated rings. The standard InChI is InChI=1S/C14H18N2O2/c1-18-7-6-16-14(10-17)13-9-15-8-11-4-2-3-5-12(11)13/h2-5,8-9,14,16-17H,6-7,10H2,1H3. The minimum absolute atomic E-state index is 0.0411. The van der Waals surface area contributed by atoms with Crippen LogP contribution in [0.3, 0.4) is 0 Å². The lowest BCUT2D eigenvalue weighted by Crippen LogP contribution is -2.27. The second-order valence-corrected chi connectivity index (χ2v) is 4.13. The monoisotopic (exact) mass is 246 g/mol. The summed E-state index contributed by atoms with van der Waals surface area (Å²) >= 11 is 0. The molecule has 1 unspecified atom stereocenters. The Morgan fingerprint density at radius 1 is 1.33 bits per heavy atom. The number of aromatic nitrogens is 1. The van der Waals surface area contributed by atoms with Gasteiger partial charge in [-0.25, -0.2) is 0 Å². The average Bonchev–Trinajstić information content (AvgIpc) is 2.43. The number of pyridine rings is 1. The van der Waals surface area contributed by atoms with Gasteiger partial charge in [0.05, 0.1) is 19.3 Å². The molecule has 0 amide bonds. The Morgan fingerprint density at radius 2 is 2.17 bits per heavy atom. The van der Waals surface area contributed by atoms with Crippen LogP contribution in [0, 0.1) is 0 Å². The number of fused-ring (bicyclic) bond motifs is 1. The van der Waals surface area contributed by atoms with E-state index >= 15 is 0 Å². The van der Waals surface area contributed by atoms with Gasteiger partial charge in [0.25, 0.3) is 0 Å². The van der Waals surface area contributed by atoms with Crippen molar-refractivity contribution in [2.75, 3.05) is 26.9 Å². The van der Waals surface area contributed by atoms with Crippen LogP contribution in [-0.2, 0) is 4.74 Å². The van der Waals surface area contributed by atoms with Crippen molar-refractivity contribution in [1.29, 1.82) is 0 Å². The van der Waals surface area contributed by atoms with Crippen molar-refractivity contribution in [3.63, 3.8) is 0 Å². The number of methoxy groups -OCH3 is 1. The first kappa shape index (κ1) is 13.0. The van der Waals surface area contributed by atoms with E-state index in [1.165, 1.54) is 0 Å². The lowest BCUT2D eigenvalue weighted by atomic mass is 10.0. The van der Waals surface area contributed by atoms with E-state index in [1.807, 2.05) is 36.7 Å². The molecule has 0 saturated carbocycles. The molecule has 0 aliphatic rings. The Bertz CT molecular complexity index is 497. The summed E-state index contributed by atoms with van der Waals surface area (Å²) in [6.45, 7) is 1.36. The summed E-state index contributed by atoms with van der Waals surface area (Å²) in [4.78, 5) is 4.23. The van der Waals surface area contributed by atoms with Crippen molar-refractivity contribution in [1.82, 2.24) is 10.3 Å². The van der Waals surface area contributed by atoms with Crippen molar-refractivity contribution in [3.8, 4) is 0 Å². The SMILES string of the molecule is COCCNC(CO)c1cncc2ccccc12. The molecule has 2 N–H and O–H groups in total. The normalized spacial score (nSPS) is 12.8. The fourth-order valence-electron chi connectivity index (χ4n) is 2.03. The van der Waals surface area contributed by atoms with E-state index in [9.17, 15) is 5.11 Å². The van der Waals surface area contributed by atoms with Crippen molar-refractivity contribution >= 4 is 10.8 Å². The summed E-state index contributed by atoms with van der Waals surface area (Å²) < 4.78 is 5.00. The van der Waals surface area contributed by atoms with Gasteiger partial charge in [-0.1, -0.05) is 24.3 Å². The molecule has 2 aromatic rings. The Morgan fingerprint density at radius 3 is 2.94 bits per heavy atom. The second kappa shape index (κ2) is 6.44. The molecule has 4 nitrogen and oxygen atoms in total. The largest absolute Gasteiger partial charge is 0.394 e. The number of ether oxygens (including phenoxy) is 1. The van der Waals surface area contributed by atoms with Crippen LogP contribution in [0.15, 0.2) is 36.7 Å². The fraction of sp³-hybridized carbons (Fsp3) is 0.357. The van der Waals surface area contributed by atoms with Crippen LogP contribution in [0.2, 0.25) is 0 Å². The summed E-state index contributed by atoms with van der Waals surface area (Å²) in [5, 5.41) is 15.0. The van der Waals surface area contributed by atoms with Crippen molar-refractivity contribution < 1.29 is 9.84 Å². The lowest BCUT2D eigenvalue weighted by molar-refractivity contribution is 0.184. The van der Waals surface area contributed by atoms with Crippen LogP contribution in [0.25, 0.3) is 10.8 Å². The molecule has 1 heterocycles. The number of hydrogen-bond donors (Lipinski definition) is 2. The van der Waals surface area contributed by atoms with Gasteiger partial charge in [0, 0.05) is 31.4 Å². The van der Waals surface area contributed by atoms with Gasteiger partial charge >= 0.3 is 0 Å². The molecular formula is C14H18N2O2. The predicted octanol–water partition coefficient (Wildman–Crippen LogP) is 1.50. The first-order valence-electron chi connectivity index (χ1n) is 6.02. The van der Waals surface area contributed by atoms with E-state index in [-0.39, 0.29) is 12.6 Å². The van der Waals surface area contributed by atoms with E-state index in [4.69, 9.17) is 4.74 Å². The topological polar surface area (TPSA) is 54.4 Å². The number of nitrogens with one attached hydrogen (secondary N) is 1. The van der Waals surface area contributed by atoms with Gasteiger partial charge in [0.2, 0.25) is 0 Å². The summed E-state index contributed by atoms with van der Waals surface area (Å²) in [6, 6.07) is 7.94. The molecule has 2 rings (SSSR count). The maximum Gasteiger partial charge on any atom is 0.0627 e. The van der Waals surface area contributed by atoms with Crippen LogP contribution in [0.1, 0.15) is 11.6 Å². The van der Waals surface area contributed by atoms with E-state index < -0.39 is 0 Å². The minimum Gasteiger partial charge on any atom is -0.394 e. The van der Waals surface area contributed by atoms with Crippen molar-refractivity contribution in [2.45, 2.75) is 6.04 Å². The number of aliphatic hydroxyl groups excluding tert-OH is 1. The number of rotatable bonds is 6. The third-order valence-corrected chi connectivity index (χ3v) is 2.95.